The Balaban J connectivity index is 1.96. The van der Waals surface area contributed by atoms with E-state index in [9.17, 15) is 9.59 Å². The second kappa shape index (κ2) is 6.78. The van der Waals surface area contributed by atoms with Gasteiger partial charge in [-0.15, -0.1) is 23.1 Å². The van der Waals surface area contributed by atoms with Gasteiger partial charge in [0.05, 0.1) is 11.3 Å². The number of carbonyl (C=O) groups is 2. The molecule has 0 radical (unpaired) electrons. The van der Waals surface area contributed by atoms with E-state index in [0.29, 0.717) is 16.3 Å². The van der Waals surface area contributed by atoms with Gasteiger partial charge < -0.3 is 11.1 Å². The van der Waals surface area contributed by atoms with Gasteiger partial charge in [0.1, 0.15) is 5.00 Å². The number of nitrogens with two attached hydrogens (primary N) is 1. The summed E-state index contributed by atoms with van der Waals surface area (Å²) in [4.78, 5) is 24.2. The highest BCUT2D eigenvalue weighted by Crippen LogP contribution is 2.25. The van der Waals surface area contributed by atoms with Gasteiger partial charge >= 0.3 is 0 Å². The number of hydrogen-bond acceptors (Lipinski definition) is 4. The van der Waals surface area contributed by atoms with E-state index in [1.165, 1.54) is 28.7 Å². The number of nitrogens with one attached hydrogen (secondary N) is 1. The highest BCUT2D eigenvalue weighted by molar-refractivity contribution is 8.00. The molecule has 0 spiro atoms. The number of benzene rings is 1. The zero-order chi connectivity index (χ0) is 15.4. The van der Waals surface area contributed by atoms with E-state index < -0.39 is 5.91 Å². The van der Waals surface area contributed by atoms with Crippen molar-refractivity contribution in [3.8, 4) is 0 Å². The molecule has 0 atom stereocenters. The van der Waals surface area contributed by atoms with Gasteiger partial charge in [0.25, 0.3) is 5.91 Å². The van der Waals surface area contributed by atoms with Crippen molar-refractivity contribution in [2.24, 2.45) is 5.73 Å². The first kappa shape index (κ1) is 15.6. The second-order valence-electron chi connectivity index (χ2n) is 4.63. The number of thioether (sulfide) groups is 1. The van der Waals surface area contributed by atoms with Crippen molar-refractivity contribution in [2.45, 2.75) is 18.7 Å². The van der Waals surface area contributed by atoms with Crippen molar-refractivity contribution < 1.29 is 9.59 Å². The maximum atomic E-state index is 12.0. The van der Waals surface area contributed by atoms with Crippen molar-refractivity contribution >= 4 is 39.9 Å². The van der Waals surface area contributed by atoms with Crippen LogP contribution in [0.25, 0.3) is 0 Å². The Morgan fingerprint density at radius 2 is 2.05 bits per heavy atom. The molecule has 0 unspecified atom stereocenters. The SMILES string of the molecule is Cc1ccc(SCC(=O)Nc2sccc2C(N)=O)c(C)c1. The number of thiophene rings is 1. The molecule has 1 aromatic heterocycles. The van der Waals surface area contributed by atoms with E-state index >= 15 is 0 Å². The Morgan fingerprint density at radius 1 is 1.29 bits per heavy atom. The molecule has 2 rings (SSSR count). The van der Waals surface area contributed by atoms with Gasteiger partial charge in [-0.3, -0.25) is 9.59 Å². The van der Waals surface area contributed by atoms with Crippen molar-refractivity contribution in [3.63, 3.8) is 0 Å². The minimum Gasteiger partial charge on any atom is -0.366 e. The largest absolute Gasteiger partial charge is 0.366 e. The first-order chi connectivity index (χ1) is 9.97. The molecule has 0 saturated heterocycles. The summed E-state index contributed by atoms with van der Waals surface area (Å²) in [5.74, 6) is -0.390. The van der Waals surface area contributed by atoms with Gasteiger partial charge in [0.15, 0.2) is 0 Å². The van der Waals surface area contributed by atoms with Gasteiger partial charge in [-0.05, 0) is 36.9 Å². The molecule has 1 heterocycles. The molecule has 0 saturated carbocycles. The lowest BCUT2D eigenvalue weighted by Crippen LogP contribution is -2.17. The standard InChI is InChI=1S/C15H16N2O2S2/c1-9-3-4-12(10(2)7-9)21-8-13(18)17-15-11(14(16)19)5-6-20-15/h3-7H,8H2,1-2H3,(H2,16,19)(H,17,18). The minimum atomic E-state index is -0.534. The summed E-state index contributed by atoms with van der Waals surface area (Å²) >= 11 is 2.77. The molecule has 0 aliphatic rings. The van der Waals surface area contributed by atoms with Crippen LogP contribution in [-0.4, -0.2) is 17.6 Å². The fourth-order valence-corrected chi connectivity index (χ4v) is 3.49. The average molecular weight is 320 g/mol. The lowest BCUT2D eigenvalue weighted by Gasteiger charge is -2.07. The van der Waals surface area contributed by atoms with Crippen LogP contribution < -0.4 is 11.1 Å². The van der Waals surface area contributed by atoms with Gasteiger partial charge in [-0.2, -0.15) is 0 Å². The van der Waals surface area contributed by atoms with E-state index in [1.807, 2.05) is 26.0 Å². The van der Waals surface area contributed by atoms with E-state index in [4.69, 9.17) is 5.73 Å². The van der Waals surface area contributed by atoms with Crippen LogP contribution in [0.4, 0.5) is 5.00 Å². The fourth-order valence-electron chi connectivity index (χ4n) is 1.87. The summed E-state index contributed by atoms with van der Waals surface area (Å²) < 4.78 is 0. The van der Waals surface area contributed by atoms with Crippen LogP contribution in [-0.2, 0) is 4.79 Å². The van der Waals surface area contributed by atoms with Crippen molar-refractivity contribution in [2.75, 3.05) is 11.1 Å². The summed E-state index contributed by atoms with van der Waals surface area (Å²) in [5.41, 5.74) is 7.95. The van der Waals surface area contributed by atoms with E-state index in [2.05, 4.69) is 11.4 Å². The van der Waals surface area contributed by atoms with Gasteiger partial charge in [-0.25, -0.2) is 0 Å². The predicted molar refractivity (Wildman–Crippen MR) is 88.1 cm³/mol. The van der Waals surface area contributed by atoms with Crippen LogP contribution in [0.3, 0.4) is 0 Å². The number of primary amides is 1. The van der Waals surface area contributed by atoms with Crippen LogP contribution in [0.2, 0.25) is 0 Å². The zero-order valence-electron chi connectivity index (χ0n) is 11.8. The molecule has 0 aliphatic heterocycles. The average Bonchev–Trinajstić information content (AvgIpc) is 2.86. The first-order valence-corrected chi connectivity index (χ1v) is 8.21. The zero-order valence-corrected chi connectivity index (χ0v) is 13.4. The summed E-state index contributed by atoms with van der Waals surface area (Å²) in [5, 5.41) is 4.97. The molecule has 21 heavy (non-hydrogen) atoms. The molecule has 2 aromatic rings. The third kappa shape index (κ3) is 4.09. The molecular formula is C15H16N2O2S2. The van der Waals surface area contributed by atoms with Gasteiger partial charge in [-0.1, -0.05) is 17.7 Å². The second-order valence-corrected chi connectivity index (χ2v) is 6.57. The summed E-state index contributed by atoms with van der Waals surface area (Å²) in [7, 11) is 0. The molecule has 0 fully saturated rings. The Morgan fingerprint density at radius 3 is 2.71 bits per heavy atom. The molecule has 4 nitrogen and oxygen atoms in total. The maximum Gasteiger partial charge on any atom is 0.251 e. The third-order valence-electron chi connectivity index (χ3n) is 2.87. The van der Waals surface area contributed by atoms with Crippen LogP contribution in [0.5, 0.6) is 0 Å². The van der Waals surface area contributed by atoms with Gasteiger partial charge in [0.2, 0.25) is 5.91 Å². The highest BCUT2D eigenvalue weighted by Gasteiger charge is 2.12. The maximum absolute atomic E-state index is 12.0. The highest BCUT2D eigenvalue weighted by atomic mass is 32.2. The van der Waals surface area contributed by atoms with E-state index in [0.717, 1.165) is 10.5 Å². The number of rotatable bonds is 5. The van der Waals surface area contributed by atoms with E-state index in [1.54, 1.807) is 11.4 Å². The molecule has 1 aromatic carbocycles. The molecular weight excluding hydrogens is 304 g/mol. The Hall–Kier alpha value is -1.79. The van der Waals surface area contributed by atoms with Crippen molar-refractivity contribution in [3.05, 3.63) is 46.3 Å². The summed E-state index contributed by atoms with van der Waals surface area (Å²) in [6.07, 6.45) is 0. The fraction of sp³-hybridized carbons (Fsp3) is 0.200. The number of anilines is 1. The van der Waals surface area contributed by atoms with Crippen LogP contribution in [0.15, 0.2) is 34.5 Å². The van der Waals surface area contributed by atoms with E-state index in [-0.39, 0.29) is 5.91 Å². The summed E-state index contributed by atoms with van der Waals surface area (Å²) in [6, 6.07) is 7.74. The molecule has 0 bridgehead atoms. The molecule has 110 valence electrons. The Kier molecular flexibility index (Phi) is 5.03. The predicted octanol–water partition coefficient (Wildman–Crippen LogP) is 3.19. The molecule has 3 N–H and O–H groups in total. The quantitative estimate of drug-likeness (QED) is 0.831. The Labute approximate surface area is 131 Å². The summed E-state index contributed by atoms with van der Waals surface area (Å²) in [6.45, 7) is 4.06. The number of hydrogen-bond donors (Lipinski definition) is 2. The van der Waals surface area contributed by atoms with Gasteiger partial charge in [0, 0.05) is 4.90 Å². The monoisotopic (exact) mass is 320 g/mol. The Bertz CT molecular complexity index is 680. The lowest BCUT2D eigenvalue weighted by molar-refractivity contribution is -0.113. The van der Waals surface area contributed by atoms with Crippen LogP contribution in [0.1, 0.15) is 21.5 Å². The lowest BCUT2D eigenvalue weighted by atomic mass is 10.2. The topological polar surface area (TPSA) is 72.2 Å². The number of carbonyl (C=O) groups excluding carboxylic acids is 2. The number of aryl methyl sites for hydroxylation is 2. The van der Waals surface area contributed by atoms with Crippen molar-refractivity contribution in [1.82, 2.24) is 0 Å². The van der Waals surface area contributed by atoms with Crippen LogP contribution >= 0.6 is 23.1 Å². The normalized spacial score (nSPS) is 10.4. The van der Waals surface area contributed by atoms with Crippen molar-refractivity contribution in [1.29, 1.82) is 0 Å². The number of amides is 2. The molecule has 6 heteroatoms. The molecule has 2 amide bonds. The minimum absolute atomic E-state index is 0.148. The first-order valence-electron chi connectivity index (χ1n) is 6.34. The van der Waals surface area contributed by atoms with Crippen LogP contribution in [0, 0.1) is 13.8 Å². The third-order valence-corrected chi connectivity index (χ3v) is 4.88. The molecule has 0 aliphatic carbocycles. The smallest absolute Gasteiger partial charge is 0.251 e.